The summed E-state index contributed by atoms with van der Waals surface area (Å²) in [7, 11) is 1.91. The number of hydrogen-bond donors (Lipinski definition) is 0. The van der Waals surface area contributed by atoms with E-state index in [0.29, 0.717) is 11.9 Å². The van der Waals surface area contributed by atoms with Gasteiger partial charge in [-0.25, -0.2) is 9.97 Å². The van der Waals surface area contributed by atoms with Gasteiger partial charge in [-0.1, -0.05) is 0 Å². The van der Waals surface area contributed by atoms with E-state index in [1.165, 1.54) is 0 Å². The van der Waals surface area contributed by atoms with E-state index in [1.807, 2.05) is 20.2 Å². The van der Waals surface area contributed by atoms with E-state index >= 15 is 0 Å². The van der Waals surface area contributed by atoms with Crippen LogP contribution in [0, 0.1) is 6.92 Å². The molecular formula is C16H22N6O. The molecule has 0 N–H and O–H groups in total. The first-order valence-corrected chi connectivity index (χ1v) is 8.34. The second-order valence-corrected chi connectivity index (χ2v) is 6.51. The molecule has 0 unspecified atom stereocenters. The quantitative estimate of drug-likeness (QED) is 0.835. The molecule has 0 aromatic carbocycles. The lowest BCUT2D eigenvalue weighted by molar-refractivity contribution is -0.130. The van der Waals surface area contributed by atoms with Crippen LogP contribution in [0.4, 0.5) is 5.82 Å². The first-order chi connectivity index (χ1) is 11.1. The average molecular weight is 314 g/mol. The van der Waals surface area contributed by atoms with Gasteiger partial charge in [-0.15, -0.1) is 0 Å². The lowest BCUT2D eigenvalue weighted by atomic mass is 10.0. The molecule has 1 amide bonds. The molecule has 2 aromatic rings. The van der Waals surface area contributed by atoms with Crippen molar-refractivity contribution in [2.45, 2.75) is 38.6 Å². The first kappa shape index (κ1) is 14.4. The number of anilines is 1. The number of likely N-dealkylation sites (tertiary alicyclic amines) is 1. The molecule has 2 aliphatic rings. The lowest BCUT2D eigenvalue weighted by Crippen LogP contribution is -2.45. The third-order valence-electron chi connectivity index (χ3n) is 5.00. The molecule has 122 valence electrons. The zero-order chi connectivity index (χ0) is 16.0. The van der Waals surface area contributed by atoms with Gasteiger partial charge in [-0.05, 0) is 26.2 Å². The molecule has 4 rings (SSSR count). The fourth-order valence-corrected chi connectivity index (χ4v) is 3.80. The van der Waals surface area contributed by atoms with Crippen molar-refractivity contribution in [1.29, 1.82) is 0 Å². The van der Waals surface area contributed by atoms with Crippen LogP contribution in [0.3, 0.4) is 0 Å². The van der Waals surface area contributed by atoms with Crippen LogP contribution in [-0.2, 0) is 11.8 Å². The number of nitrogens with zero attached hydrogens (tertiary/aromatic N) is 6. The Hall–Kier alpha value is -2.18. The SMILES string of the molecule is Cc1nc(N2CCC(N3CCCC3=O)CC2)c2cnn(C)c2n1. The van der Waals surface area contributed by atoms with Gasteiger partial charge in [-0.3, -0.25) is 9.48 Å². The predicted molar refractivity (Wildman–Crippen MR) is 87.2 cm³/mol. The van der Waals surface area contributed by atoms with Crippen LogP contribution in [0.2, 0.25) is 0 Å². The van der Waals surface area contributed by atoms with Gasteiger partial charge in [0.05, 0.1) is 11.6 Å². The molecule has 2 aromatic heterocycles. The van der Waals surface area contributed by atoms with E-state index in [0.717, 1.165) is 68.0 Å². The molecule has 7 heteroatoms. The van der Waals surface area contributed by atoms with Crippen molar-refractivity contribution >= 4 is 22.8 Å². The van der Waals surface area contributed by atoms with E-state index in [4.69, 9.17) is 0 Å². The largest absolute Gasteiger partial charge is 0.356 e. The minimum atomic E-state index is 0.330. The molecule has 0 aliphatic carbocycles. The smallest absolute Gasteiger partial charge is 0.222 e. The molecule has 0 bridgehead atoms. The Labute approximate surface area is 135 Å². The maximum absolute atomic E-state index is 11.9. The number of aromatic nitrogens is 4. The number of hydrogen-bond acceptors (Lipinski definition) is 5. The molecule has 7 nitrogen and oxygen atoms in total. The summed E-state index contributed by atoms with van der Waals surface area (Å²) < 4.78 is 1.79. The zero-order valence-corrected chi connectivity index (χ0v) is 13.7. The summed E-state index contributed by atoms with van der Waals surface area (Å²) >= 11 is 0. The average Bonchev–Trinajstić information content (AvgIpc) is 3.14. The predicted octanol–water partition coefficient (Wildman–Crippen LogP) is 1.26. The van der Waals surface area contributed by atoms with Crippen LogP contribution in [-0.4, -0.2) is 56.2 Å². The van der Waals surface area contributed by atoms with Crippen molar-refractivity contribution in [2.75, 3.05) is 24.5 Å². The highest BCUT2D eigenvalue weighted by molar-refractivity contribution is 5.87. The molecule has 4 heterocycles. The van der Waals surface area contributed by atoms with E-state index < -0.39 is 0 Å². The maximum atomic E-state index is 11.9. The third-order valence-corrected chi connectivity index (χ3v) is 5.00. The van der Waals surface area contributed by atoms with Gasteiger partial charge in [0, 0.05) is 39.1 Å². The second-order valence-electron chi connectivity index (χ2n) is 6.51. The monoisotopic (exact) mass is 314 g/mol. The molecule has 2 aliphatic heterocycles. The number of amides is 1. The van der Waals surface area contributed by atoms with Crippen LogP contribution in [0.5, 0.6) is 0 Å². The van der Waals surface area contributed by atoms with Crippen molar-refractivity contribution in [3.8, 4) is 0 Å². The highest BCUT2D eigenvalue weighted by Crippen LogP contribution is 2.28. The van der Waals surface area contributed by atoms with E-state index in [1.54, 1.807) is 4.68 Å². The Balaban J connectivity index is 1.55. The van der Waals surface area contributed by atoms with Crippen molar-refractivity contribution < 1.29 is 4.79 Å². The molecule has 2 fully saturated rings. The minimum absolute atomic E-state index is 0.330. The maximum Gasteiger partial charge on any atom is 0.222 e. The molecule has 0 radical (unpaired) electrons. The Kier molecular flexibility index (Phi) is 3.43. The fourth-order valence-electron chi connectivity index (χ4n) is 3.80. The molecular weight excluding hydrogens is 292 g/mol. The summed E-state index contributed by atoms with van der Waals surface area (Å²) in [5, 5.41) is 5.32. The van der Waals surface area contributed by atoms with Crippen LogP contribution >= 0.6 is 0 Å². The summed E-state index contributed by atoms with van der Waals surface area (Å²) in [4.78, 5) is 25.5. The minimum Gasteiger partial charge on any atom is -0.356 e. The Morgan fingerprint density at radius 3 is 2.65 bits per heavy atom. The van der Waals surface area contributed by atoms with Gasteiger partial charge in [0.25, 0.3) is 0 Å². The second kappa shape index (κ2) is 5.47. The van der Waals surface area contributed by atoms with Gasteiger partial charge in [0.2, 0.25) is 5.91 Å². The van der Waals surface area contributed by atoms with Crippen LogP contribution in [0.25, 0.3) is 11.0 Å². The van der Waals surface area contributed by atoms with Crippen LogP contribution in [0.15, 0.2) is 6.20 Å². The number of piperidine rings is 1. The lowest BCUT2D eigenvalue weighted by Gasteiger charge is -2.37. The normalized spacial score (nSPS) is 20.0. The number of carbonyl (C=O) groups excluding carboxylic acids is 1. The highest BCUT2D eigenvalue weighted by atomic mass is 16.2. The van der Waals surface area contributed by atoms with Crippen molar-refractivity contribution in [3.05, 3.63) is 12.0 Å². The van der Waals surface area contributed by atoms with E-state index in [-0.39, 0.29) is 0 Å². The Bertz CT molecular complexity index is 746. The van der Waals surface area contributed by atoms with Gasteiger partial charge in [0.15, 0.2) is 5.65 Å². The number of fused-ring (bicyclic) bond motifs is 1. The van der Waals surface area contributed by atoms with E-state index in [2.05, 4.69) is 24.9 Å². The number of carbonyl (C=O) groups is 1. The van der Waals surface area contributed by atoms with Crippen LogP contribution < -0.4 is 4.90 Å². The van der Waals surface area contributed by atoms with Crippen molar-refractivity contribution in [1.82, 2.24) is 24.6 Å². The van der Waals surface area contributed by atoms with Crippen LogP contribution in [0.1, 0.15) is 31.5 Å². The summed E-state index contributed by atoms with van der Waals surface area (Å²) in [6, 6.07) is 0.397. The molecule has 0 saturated carbocycles. The number of rotatable bonds is 2. The molecule has 0 spiro atoms. The Morgan fingerprint density at radius 2 is 1.96 bits per heavy atom. The van der Waals surface area contributed by atoms with Crippen molar-refractivity contribution in [3.63, 3.8) is 0 Å². The first-order valence-electron chi connectivity index (χ1n) is 8.34. The fraction of sp³-hybridized carbons (Fsp3) is 0.625. The summed E-state index contributed by atoms with van der Waals surface area (Å²) in [5.41, 5.74) is 0.879. The summed E-state index contributed by atoms with van der Waals surface area (Å²) in [5.74, 6) is 2.08. The standard InChI is InChI=1S/C16H22N6O/c1-11-18-15-13(10-17-20(15)2)16(19-11)21-8-5-12(6-9-21)22-7-3-4-14(22)23/h10,12H,3-9H2,1-2H3. The van der Waals surface area contributed by atoms with Gasteiger partial charge < -0.3 is 9.80 Å². The molecule has 2 saturated heterocycles. The zero-order valence-electron chi connectivity index (χ0n) is 13.7. The molecule has 0 atom stereocenters. The number of aryl methyl sites for hydroxylation is 2. The summed E-state index contributed by atoms with van der Waals surface area (Å²) in [6.07, 6.45) is 5.61. The van der Waals surface area contributed by atoms with E-state index in [9.17, 15) is 4.79 Å². The Morgan fingerprint density at radius 1 is 1.17 bits per heavy atom. The van der Waals surface area contributed by atoms with Gasteiger partial charge in [-0.2, -0.15) is 5.10 Å². The van der Waals surface area contributed by atoms with Gasteiger partial charge in [0.1, 0.15) is 11.6 Å². The third kappa shape index (κ3) is 2.44. The molecule has 23 heavy (non-hydrogen) atoms. The topological polar surface area (TPSA) is 67.2 Å². The summed E-state index contributed by atoms with van der Waals surface area (Å²) in [6.45, 7) is 4.71. The highest BCUT2D eigenvalue weighted by Gasteiger charge is 2.31. The van der Waals surface area contributed by atoms with Gasteiger partial charge >= 0.3 is 0 Å². The van der Waals surface area contributed by atoms with Crippen molar-refractivity contribution in [2.24, 2.45) is 7.05 Å².